The third kappa shape index (κ3) is 3.67. The number of aromatic nitrogens is 1. The summed E-state index contributed by atoms with van der Waals surface area (Å²) in [6.07, 6.45) is 4.72. The zero-order chi connectivity index (χ0) is 16.9. The Morgan fingerprint density at radius 2 is 1.96 bits per heavy atom. The third-order valence-corrected chi connectivity index (χ3v) is 4.82. The lowest BCUT2D eigenvalue weighted by Crippen LogP contribution is -2.32. The van der Waals surface area contributed by atoms with Gasteiger partial charge >= 0.3 is 0 Å². The SMILES string of the molecule is COc1cc(C(=O)NCC2CCC(OC)CC2)c2ccccc2n1. The summed E-state index contributed by atoms with van der Waals surface area (Å²) in [5.41, 5.74) is 1.38. The highest BCUT2D eigenvalue weighted by Crippen LogP contribution is 2.26. The topological polar surface area (TPSA) is 60.5 Å². The fraction of sp³-hybridized carbons (Fsp3) is 0.474. The Bertz CT molecular complexity index is 709. The lowest BCUT2D eigenvalue weighted by atomic mass is 9.87. The molecule has 1 aromatic carbocycles. The van der Waals surface area contributed by atoms with E-state index in [1.54, 1.807) is 20.3 Å². The van der Waals surface area contributed by atoms with E-state index < -0.39 is 0 Å². The van der Waals surface area contributed by atoms with Crippen LogP contribution in [0.5, 0.6) is 5.88 Å². The Labute approximate surface area is 142 Å². The molecule has 1 saturated carbocycles. The van der Waals surface area contributed by atoms with Crippen LogP contribution in [0.4, 0.5) is 0 Å². The molecule has 1 fully saturated rings. The molecule has 1 N–H and O–H groups in total. The summed E-state index contributed by atoms with van der Waals surface area (Å²) < 4.78 is 10.6. The molecule has 0 aliphatic heterocycles. The van der Waals surface area contributed by atoms with Crippen LogP contribution < -0.4 is 10.1 Å². The van der Waals surface area contributed by atoms with Gasteiger partial charge in [-0.25, -0.2) is 4.98 Å². The fourth-order valence-corrected chi connectivity index (χ4v) is 3.35. The monoisotopic (exact) mass is 328 g/mol. The number of ether oxygens (including phenoxy) is 2. The molecule has 128 valence electrons. The number of benzene rings is 1. The molecule has 24 heavy (non-hydrogen) atoms. The number of hydrogen-bond donors (Lipinski definition) is 1. The second-order valence-corrected chi connectivity index (χ2v) is 6.32. The van der Waals surface area contributed by atoms with Crippen molar-refractivity contribution in [2.45, 2.75) is 31.8 Å². The van der Waals surface area contributed by atoms with E-state index in [1.165, 1.54) is 0 Å². The van der Waals surface area contributed by atoms with Crippen molar-refractivity contribution in [2.24, 2.45) is 5.92 Å². The summed E-state index contributed by atoms with van der Waals surface area (Å²) in [4.78, 5) is 17.1. The predicted molar refractivity (Wildman–Crippen MR) is 93.4 cm³/mol. The number of rotatable bonds is 5. The molecule has 0 radical (unpaired) electrons. The first kappa shape index (κ1) is 16.7. The maximum Gasteiger partial charge on any atom is 0.252 e. The van der Waals surface area contributed by atoms with Crippen molar-refractivity contribution in [3.05, 3.63) is 35.9 Å². The van der Waals surface area contributed by atoms with Gasteiger partial charge in [-0.3, -0.25) is 4.79 Å². The number of para-hydroxylation sites is 1. The van der Waals surface area contributed by atoms with Gasteiger partial charge in [0.05, 0.1) is 24.3 Å². The predicted octanol–water partition coefficient (Wildman–Crippen LogP) is 3.18. The highest BCUT2D eigenvalue weighted by atomic mass is 16.5. The number of nitrogens with one attached hydrogen (secondary N) is 1. The molecule has 0 spiro atoms. The third-order valence-electron chi connectivity index (χ3n) is 4.82. The summed E-state index contributed by atoms with van der Waals surface area (Å²) in [5, 5.41) is 3.93. The van der Waals surface area contributed by atoms with E-state index in [1.807, 2.05) is 24.3 Å². The summed E-state index contributed by atoms with van der Waals surface area (Å²) >= 11 is 0. The molecule has 0 atom stereocenters. The Kier molecular flexibility index (Phi) is 5.30. The quantitative estimate of drug-likeness (QED) is 0.916. The largest absolute Gasteiger partial charge is 0.481 e. The van der Waals surface area contributed by atoms with Crippen LogP contribution in [0.3, 0.4) is 0 Å². The minimum atomic E-state index is -0.0687. The zero-order valence-electron chi connectivity index (χ0n) is 14.2. The number of methoxy groups -OCH3 is 2. The van der Waals surface area contributed by atoms with E-state index in [9.17, 15) is 4.79 Å². The van der Waals surface area contributed by atoms with Crippen molar-refractivity contribution in [3.8, 4) is 5.88 Å². The van der Waals surface area contributed by atoms with Gasteiger partial charge in [-0.05, 0) is 37.7 Å². The molecule has 0 bridgehead atoms. The van der Waals surface area contributed by atoms with Crippen molar-refractivity contribution in [2.75, 3.05) is 20.8 Å². The van der Waals surface area contributed by atoms with E-state index in [-0.39, 0.29) is 5.91 Å². The fourth-order valence-electron chi connectivity index (χ4n) is 3.35. The summed E-state index contributed by atoms with van der Waals surface area (Å²) in [7, 11) is 3.34. The number of carbonyl (C=O) groups excluding carboxylic acids is 1. The highest BCUT2D eigenvalue weighted by molar-refractivity contribution is 6.06. The van der Waals surface area contributed by atoms with Crippen molar-refractivity contribution in [3.63, 3.8) is 0 Å². The van der Waals surface area contributed by atoms with Gasteiger partial charge < -0.3 is 14.8 Å². The van der Waals surface area contributed by atoms with Gasteiger partial charge in [0.25, 0.3) is 5.91 Å². The maximum absolute atomic E-state index is 12.7. The average molecular weight is 328 g/mol. The molecular formula is C19H24N2O3. The van der Waals surface area contributed by atoms with Gasteiger partial charge in [0.2, 0.25) is 5.88 Å². The molecule has 1 aliphatic rings. The van der Waals surface area contributed by atoms with Crippen molar-refractivity contribution < 1.29 is 14.3 Å². The number of nitrogens with zero attached hydrogens (tertiary/aromatic N) is 1. The average Bonchev–Trinajstić information content (AvgIpc) is 2.65. The first-order valence-corrected chi connectivity index (χ1v) is 8.46. The Hall–Kier alpha value is -2.14. The molecule has 1 aromatic heterocycles. The number of fused-ring (bicyclic) bond motifs is 1. The molecule has 5 heteroatoms. The van der Waals surface area contributed by atoms with E-state index in [0.717, 1.165) is 36.6 Å². The second kappa shape index (κ2) is 7.62. The van der Waals surface area contributed by atoms with Crippen LogP contribution in [0.25, 0.3) is 10.9 Å². The van der Waals surface area contributed by atoms with Crippen LogP contribution in [0.1, 0.15) is 36.0 Å². The van der Waals surface area contributed by atoms with Crippen LogP contribution in [-0.2, 0) is 4.74 Å². The number of pyridine rings is 1. The highest BCUT2D eigenvalue weighted by Gasteiger charge is 2.22. The zero-order valence-corrected chi connectivity index (χ0v) is 14.2. The summed E-state index contributed by atoms with van der Waals surface area (Å²) in [6, 6.07) is 9.34. The standard InChI is InChI=1S/C19H24N2O3/c1-23-14-9-7-13(8-10-14)12-20-19(22)16-11-18(24-2)21-17-6-4-3-5-15(16)17/h3-6,11,13-14H,7-10,12H2,1-2H3,(H,20,22). The van der Waals surface area contributed by atoms with Crippen LogP contribution in [0.15, 0.2) is 30.3 Å². The van der Waals surface area contributed by atoms with Crippen LogP contribution in [0, 0.1) is 5.92 Å². The Morgan fingerprint density at radius 1 is 1.21 bits per heavy atom. The van der Waals surface area contributed by atoms with Gasteiger partial charge in [-0.1, -0.05) is 18.2 Å². The normalized spacial score (nSPS) is 20.8. The van der Waals surface area contributed by atoms with Crippen LogP contribution in [0.2, 0.25) is 0 Å². The molecule has 1 heterocycles. The van der Waals surface area contributed by atoms with Crippen molar-refractivity contribution in [1.29, 1.82) is 0 Å². The van der Waals surface area contributed by atoms with Crippen LogP contribution in [-0.4, -0.2) is 37.8 Å². The maximum atomic E-state index is 12.7. The molecule has 1 amide bonds. The van der Waals surface area contributed by atoms with Gasteiger partial charge in [0.15, 0.2) is 0 Å². The minimum Gasteiger partial charge on any atom is -0.481 e. The summed E-state index contributed by atoms with van der Waals surface area (Å²) in [6.45, 7) is 0.703. The van der Waals surface area contributed by atoms with E-state index in [2.05, 4.69) is 10.3 Å². The van der Waals surface area contributed by atoms with Gasteiger partial charge in [-0.2, -0.15) is 0 Å². The van der Waals surface area contributed by atoms with E-state index >= 15 is 0 Å². The molecular weight excluding hydrogens is 304 g/mol. The number of carbonyl (C=O) groups is 1. The summed E-state index contributed by atoms with van der Waals surface area (Å²) in [5.74, 6) is 0.913. The molecule has 1 aliphatic carbocycles. The molecule has 0 saturated heterocycles. The lowest BCUT2D eigenvalue weighted by Gasteiger charge is -2.27. The van der Waals surface area contributed by atoms with E-state index in [4.69, 9.17) is 9.47 Å². The second-order valence-electron chi connectivity index (χ2n) is 6.32. The first-order chi connectivity index (χ1) is 11.7. The lowest BCUT2D eigenvalue weighted by molar-refractivity contribution is 0.0563. The Balaban J connectivity index is 1.70. The van der Waals surface area contributed by atoms with E-state index in [0.29, 0.717) is 30.0 Å². The van der Waals surface area contributed by atoms with Gasteiger partial charge in [-0.15, -0.1) is 0 Å². The number of amides is 1. The molecule has 0 unspecified atom stereocenters. The number of hydrogen-bond acceptors (Lipinski definition) is 4. The van der Waals surface area contributed by atoms with Crippen molar-refractivity contribution in [1.82, 2.24) is 10.3 Å². The molecule has 3 rings (SSSR count). The first-order valence-electron chi connectivity index (χ1n) is 8.46. The van der Waals surface area contributed by atoms with Gasteiger partial charge in [0, 0.05) is 25.1 Å². The molecule has 5 nitrogen and oxygen atoms in total. The van der Waals surface area contributed by atoms with Crippen molar-refractivity contribution >= 4 is 16.8 Å². The Morgan fingerprint density at radius 3 is 2.67 bits per heavy atom. The van der Waals surface area contributed by atoms with Crippen LogP contribution >= 0.6 is 0 Å². The minimum absolute atomic E-state index is 0.0687. The van der Waals surface area contributed by atoms with Gasteiger partial charge in [0.1, 0.15) is 0 Å². The molecule has 2 aromatic rings. The smallest absolute Gasteiger partial charge is 0.252 e.